The molecule has 16 heavy (non-hydrogen) atoms. The van der Waals surface area contributed by atoms with Gasteiger partial charge < -0.3 is 9.88 Å². The van der Waals surface area contributed by atoms with Gasteiger partial charge in [-0.25, -0.2) is 8.42 Å². The van der Waals surface area contributed by atoms with Crippen LogP contribution in [0, 0.1) is 0 Å². The maximum absolute atomic E-state index is 11.4. The summed E-state index contributed by atoms with van der Waals surface area (Å²) in [4.78, 5) is 0. The predicted octanol–water partition coefficient (Wildman–Crippen LogP) is -0.518. The molecule has 1 aromatic heterocycles. The fourth-order valence-corrected chi connectivity index (χ4v) is 3.56. The van der Waals surface area contributed by atoms with Crippen LogP contribution in [0.15, 0.2) is 6.33 Å². The summed E-state index contributed by atoms with van der Waals surface area (Å²) in [5, 5.41) is 10.9. The first kappa shape index (κ1) is 11.5. The number of hydrogen-bond acceptors (Lipinski definition) is 5. The van der Waals surface area contributed by atoms with Crippen LogP contribution in [0.25, 0.3) is 0 Å². The average Bonchev–Trinajstić information content (AvgIpc) is 2.60. The molecule has 1 fully saturated rings. The number of hydrogen-bond donors (Lipinski definition) is 1. The summed E-state index contributed by atoms with van der Waals surface area (Å²) in [5.41, 5.74) is 0. The largest absolute Gasteiger partial charge is 0.320 e. The molecule has 1 saturated heterocycles. The Bertz CT molecular complexity index is 454. The molecule has 2 heterocycles. The second-order valence-corrected chi connectivity index (χ2v) is 6.42. The van der Waals surface area contributed by atoms with E-state index >= 15 is 0 Å². The average molecular weight is 244 g/mol. The van der Waals surface area contributed by atoms with Gasteiger partial charge in [-0.1, -0.05) is 0 Å². The number of aromatic nitrogens is 3. The second kappa shape index (κ2) is 4.50. The smallest absolute Gasteiger partial charge is 0.151 e. The van der Waals surface area contributed by atoms with Crippen molar-refractivity contribution < 1.29 is 8.42 Å². The molecule has 2 rings (SSSR count). The lowest BCUT2D eigenvalue weighted by molar-refractivity contribution is 0.470. The van der Waals surface area contributed by atoms with E-state index in [4.69, 9.17) is 0 Å². The number of sulfone groups is 1. The van der Waals surface area contributed by atoms with Gasteiger partial charge in [0.2, 0.25) is 0 Å². The van der Waals surface area contributed by atoms with Gasteiger partial charge in [0.15, 0.2) is 9.84 Å². The van der Waals surface area contributed by atoms with Crippen LogP contribution >= 0.6 is 0 Å². The van der Waals surface area contributed by atoms with Crippen molar-refractivity contribution >= 4 is 9.84 Å². The van der Waals surface area contributed by atoms with Crippen LogP contribution in [0.2, 0.25) is 0 Å². The van der Waals surface area contributed by atoms with Gasteiger partial charge in [-0.15, -0.1) is 10.2 Å². The summed E-state index contributed by atoms with van der Waals surface area (Å²) in [6.07, 6.45) is 3.30. The van der Waals surface area contributed by atoms with Crippen LogP contribution in [0.3, 0.4) is 0 Å². The zero-order valence-electron chi connectivity index (χ0n) is 9.26. The number of rotatable bonds is 3. The van der Waals surface area contributed by atoms with E-state index in [0.717, 1.165) is 18.7 Å². The highest BCUT2D eigenvalue weighted by Gasteiger charge is 2.24. The van der Waals surface area contributed by atoms with E-state index in [9.17, 15) is 8.42 Å². The second-order valence-electron chi connectivity index (χ2n) is 4.19. The normalized spacial score (nSPS) is 24.4. The van der Waals surface area contributed by atoms with Crippen molar-refractivity contribution in [3.8, 4) is 0 Å². The topological polar surface area (TPSA) is 76.9 Å². The Morgan fingerprint density at radius 3 is 3.06 bits per heavy atom. The van der Waals surface area contributed by atoms with Gasteiger partial charge in [0.1, 0.15) is 12.2 Å². The Morgan fingerprint density at radius 1 is 1.62 bits per heavy atom. The van der Waals surface area contributed by atoms with Gasteiger partial charge in [0.05, 0.1) is 18.1 Å². The Kier molecular flexibility index (Phi) is 3.25. The maximum Gasteiger partial charge on any atom is 0.151 e. The fourth-order valence-electron chi connectivity index (χ4n) is 1.89. The van der Waals surface area contributed by atoms with Gasteiger partial charge in [-0.3, -0.25) is 0 Å². The SMILES string of the molecule is Cn1cnnc1CNC1CCCS(=O)(=O)C1. The molecule has 0 amide bonds. The first-order chi connectivity index (χ1) is 7.57. The van der Waals surface area contributed by atoms with E-state index in [0.29, 0.717) is 12.3 Å². The van der Waals surface area contributed by atoms with Gasteiger partial charge >= 0.3 is 0 Å². The molecule has 0 aromatic carbocycles. The van der Waals surface area contributed by atoms with Crippen LogP contribution in [-0.4, -0.2) is 40.7 Å². The minimum Gasteiger partial charge on any atom is -0.320 e. The number of nitrogens with one attached hydrogen (secondary N) is 1. The zero-order valence-corrected chi connectivity index (χ0v) is 10.1. The lowest BCUT2D eigenvalue weighted by Crippen LogP contribution is -2.40. The molecule has 6 nitrogen and oxygen atoms in total. The molecule has 7 heteroatoms. The minimum absolute atomic E-state index is 0.0513. The maximum atomic E-state index is 11.4. The third kappa shape index (κ3) is 2.79. The molecule has 1 N–H and O–H groups in total. The fraction of sp³-hybridized carbons (Fsp3) is 0.778. The van der Waals surface area contributed by atoms with Crippen molar-refractivity contribution in [3.63, 3.8) is 0 Å². The number of aryl methyl sites for hydroxylation is 1. The summed E-state index contributed by atoms with van der Waals surface area (Å²) in [6, 6.07) is 0.0513. The highest BCUT2D eigenvalue weighted by atomic mass is 32.2. The van der Waals surface area contributed by atoms with E-state index < -0.39 is 9.84 Å². The minimum atomic E-state index is -2.84. The van der Waals surface area contributed by atoms with E-state index in [2.05, 4.69) is 15.5 Å². The van der Waals surface area contributed by atoms with Crippen LogP contribution < -0.4 is 5.32 Å². The third-order valence-electron chi connectivity index (χ3n) is 2.82. The molecule has 0 spiro atoms. The lowest BCUT2D eigenvalue weighted by Gasteiger charge is -2.22. The molecule has 1 aliphatic heterocycles. The molecule has 0 bridgehead atoms. The van der Waals surface area contributed by atoms with Crippen LogP contribution in [-0.2, 0) is 23.4 Å². The Labute approximate surface area is 95.0 Å². The lowest BCUT2D eigenvalue weighted by atomic mass is 10.2. The molecule has 1 aromatic rings. The molecule has 1 aliphatic rings. The van der Waals surface area contributed by atoms with Crippen LogP contribution in [0.4, 0.5) is 0 Å². The summed E-state index contributed by atoms with van der Waals surface area (Å²) in [7, 11) is -0.969. The van der Waals surface area contributed by atoms with Gasteiger partial charge in [0.25, 0.3) is 0 Å². The van der Waals surface area contributed by atoms with Gasteiger partial charge in [0, 0.05) is 13.1 Å². The molecular formula is C9H16N4O2S. The van der Waals surface area contributed by atoms with E-state index in [1.165, 1.54) is 0 Å². The van der Waals surface area contributed by atoms with Crippen molar-refractivity contribution in [2.24, 2.45) is 7.05 Å². The van der Waals surface area contributed by atoms with Crippen molar-refractivity contribution in [2.45, 2.75) is 25.4 Å². The van der Waals surface area contributed by atoms with Crippen molar-refractivity contribution in [2.75, 3.05) is 11.5 Å². The Balaban J connectivity index is 1.89. The molecule has 0 radical (unpaired) electrons. The van der Waals surface area contributed by atoms with Gasteiger partial charge in [-0.05, 0) is 12.8 Å². The zero-order chi connectivity index (χ0) is 11.6. The van der Waals surface area contributed by atoms with E-state index in [1.807, 2.05) is 11.6 Å². The molecule has 1 atom stereocenters. The summed E-state index contributed by atoms with van der Waals surface area (Å²) >= 11 is 0. The van der Waals surface area contributed by atoms with Gasteiger partial charge in [-0.2, -0.15) is 0 Å². The van der Waals surface area contributed by atoms with E-state index in [-0.39, 0.29) is 11.8 Å². The first-order valence-electron chi connectivity index (χ1n) is 5.33. The van der Waals surface area contributed by atoms with Crippen molar-refractivity contribution in [3.05, 3.63) is 12.2 Å². The number of nitrogens with zero attached hydrogens (tertiary/aromatic N) is 3. The monoisotopic (exact) mass is 244 g/mol. The van der Waals surface area contributed by atoms with Crippen molar-refractivity contribution in [1.29, 1.82) is 0 Å². The Hall–Kier alpha value is -0.950. The Morgan fingerprint density at radius 2 is 2.44 bits per heavy atom. The van der Waals surface area contributed by atoms with E-state index in [1.54, 1.807) is 6.33 Å². The van der Waals surface area contributed by atoms with Crippen LogP contribution in [0.5, 0.6) is 0 Å². The quantitative estimate of drug-likeness (QED) is 0.774. The highest BCUT2D eigenvalue weighted by molar-refractivity contribution is 7.91. The van der Waals surface area contributed by atoms with Crippen molar-refractivity contribution in [1.82, 2.24) is 20.1 Å². The molecular weight excluding hydrogens is 228 g/mol. The third-order valence-corrected chi connectivity index (χ3v) is 4.64. The predicted molar refractivity (Wildman–Crippen MR) is 59.5 cm³/mol. The molecule has 90 valence electrons. The standard InChI is InChI=1S/C9H16N4O2S/c1-13-7-11-12-9(13)5-10-8-3-2-4-16(14,15)6-8/h7-8,10H,2-6H2,1H3. The van der Waals surface area contributed by atoms with Crippen LogP contribution in [0.1, 0.15) is 18.7 Å². The summed E-state index contributed by atoms with van der Waals surface area (Å²) < 4.78 is 24.7. The molecule has 0 saturated carbocycles. The summed E-state index contributed by atoms with van der Waals surface area (Å²) in [6.45, 7) is 0.566. The first-order valence-corrected chi connectivity index (χ1v) is 7.16. The molecule has 1 unspecified atom stereocenters. The molecule has 0 aliphatic carbocycles. The summed E-state index contributed by atoms with van der Waals surface area (Å²) in [5.74, 6) is 1.39. The highest BCUT2D eigenvalue weighted by Crippen LogP contribution is 2.12.